The zero-order chi connectivity index (χ0) is 20.8. The molecule has 0 aliphatic carbocycles. The first kappa shape index (κ1) is 19.9. The molecule has 1 aliphatic heterocycles. The molecule has 2 heterocycles. The van der Waals surface area contributed by atoms with Crippen molar-refractivity contribution in [3.63, 3.8) is 0 Å². The molecule has 0 N–H and O–H groups in total. The summed E-state index contributed by atoms with van der Waals surface area (Å²) in [5.41, 5.74) is 1.94. The van der Waals surface area contributed by atoms with Gasteiger partial charge in [0.25, 0.3) is 5.69 Å². The van der Waals surface area contributed by atoms with E-state index in [9.17, 15) is 18.5 Å². The highest BCUT2D eigenvalue weighted by molar-refractivity contribution is 7.89. The Bertz CT molecular complexity index is 1160. The second-order valence-electron chi connectivity index (χ2n) is 7.34. The predicted octanol–water partition coefficient (Wildman–Crippen LogP) is 4.39. The van der Waals surface area contributed by atoms with Crippen LogP contribution in [0, 0.1) is 24.0 Å². The van der Waals surface area contributed by atoms with Crippen LogP contribution in [-0.4, -0.2) is 35.7 Å². The summed E-state index contributed by atoms with van der Waals surface area (Å²) in [6, 6.07) is 10.6. The number of nitrogens with zero attached hydrogens (tertiary/aromatic N) is 3. The zero-order valence-electron chi connectivity index (χ0n) is 16.2. The van der Waals surface area contributed by atoms with E-state index in [1.807, 2.05) is 24.3 Å². The molecule has 0 bridgehead atoms. The van der Waals surface area contributed by atoms with E-state index in [0.717, 1.165) is 15.2 Å². The standard InChI is InChI=1S/C20H21N3O4S2/c1-13-11-16(23(24)25)12-19(14(13)2)29(26,27)22-9-7-15(8-10-22)20-21-17-5-3-4-6-18(17)28-20/h3-6,11-12,15H,7-10H2,1-2H3. The van der Waals surface area contributed by atoms with Crippen LogP contribution in [0.15, 0.2) is 41.3 Å². The molecule has 29 heavy (non-hydrogen) atoms. The molecule has 0 amide bonds. The van der Waals surface area contributed by atoms with Crippen molar-refractivity contribution in [3.8, 4) is 0 Å². The molecule has 9 heteroatoms. The Morgan fingerprint density at radius 1 is 1.17 bits per heavy atom. The number of aromatic nitrogens is 1. The summed E-state index contributed by atoms with van der Waals surface area (Å²) < 4.78 is 29.0. The molecule has 1 aliphatic rings. The van der Waals surface area contributed by atoms with E-state index in [0.29, 0.717) is 37.1 Å². The fourth-order valence-electron chi connectivity index (χ4n) is 3.73. The van der Waals surface area contributed by atoms with Gasteiger partial charge in [-0.05, 0) is 49.9 Å². The minimum Gasteiger partial charge on any atom is -0.258 e. The molecule has 0 spiro atoms. The number of rotatable bonds is 4. The first-order valence-corrected chi connectivity index (χ1v) is 11.6. The highest BCUT2D eigenvalue weighted by Gasteiger charge is 2.33. The van der Waals surface area contributed by atoms with Crippen molar-refractivity contribution in [2.45, 2.75) is 37.5 Å². The van der Waals surface area contributed by atoms with Gasteiger partial charge >= 0.3 is 0 Å². The average molecular weight is 432 g/mol. The third kappa shape index (κ3) is 3.65. The van der Waals surface area contributed by atoms with Crippen LogP contribution in [0.5, 0.6) is 0 Å². The van der Waals surface area contributed by atoms with Gasteiger partial charge < -0.3 is 0 Å². The molecule has 3 aromatic rings. The number of aryl methyl sites for hydroxylation is 1. The van der Waals surface area contributed by atoms with Gasteiger partial charge in [0.15, 0.2) is 0 Å². The van der Waals surface area contributed by atoms with Gasteiger partial charge in [-0.1, -0.05) is 12.1 Å². The van der Waals surface area contributed by atoms with E-state index >= 15 is 0 Å². The number of benzene rings is 2. The number of fused-ring (bicyclic) bond motifs is 1. The smallest absolute Gasteiger partial charge is 0.258 e. The molecule has 7 nitrogen and oxygen atoms in total. The highest BCUT2D eigenvalue weighted by Crippen LogP contribution is 2.36. The predicted molar refractivity (Wildman–Crippen MR) is 113 cm³/mol. The molecule has 2 aromatic carbocycles. The molecule has 0 atom stereocenters. The Labute approximate surface area is 173 Å². The largest absolute Gasteiger partial charge is 0.271 e. The number of hydrogen-bond donors (Lipinski definition) is 0. The van der Waals surface area contributed by atoms with Crippen molar-refractivity contribution in [3.05, 3.63) is 62.6 Å². The number of piperidine rings is 1. The first-order chi connectivity index (χ1) is 13.8. The van der Waals surface area contributed by atoms with E-state index in [2.05, 4.69) is 0 Å². The summed E-state index contributed by atoms with van der Waals surface area (Å²) in [5, 5.41) is 12.2. The molecule has 1 aromatic heterocycles. The molecule has 0 unspecified atom stereocenters. The fourth-order valence-corrected chi connectivity index (χ4v) is 6.65. The van der Waals surface area contributed by atoms with Crippen molar-refractivity contribution in [1.82, 2.24) is 9.29 Å². The number of para-hydroxylation sites is 1. The van der Waals surface area contributed by atoms with Crippen LogP contribution in [0.3, 0.4) is 0 Å². The van der Waals surface area contributed by atoms with Gasteiger partial charge in [0.1, 0.15) is 0 Å². The number of non-ortho nitro benzene ring substituents is 1. The fraction of sp³-hybridized carbons (Fsp3) is 0.350. The Morgan fingerprint density at radius 2 is 1.86 bits per heavy atom. The third-order valence-electron chi connectivity index (χ3n) is 5.55. The maximum absolute atomic E-state index is 13.2. The lowest BCUT2D eigenvalue weighted by Gasteiger charge is -2.30. The van der Waals surface area contributed by atoms with Crippen LogP contribution < -0.4 is 0 Å². The SMILES string of the molecule is Cc1cc([N+](=O)[O-])cc(S(=O)(=O)N2CCC(c3nc4ccccc4s3)CC2)c1C. The van der Waals surface area contributed by atoms with Crippen molar-refractivity contribution >= 4 is 37.3 Å². The average Bonchev–Trinajstić information content (AvgIpc) is 3.14. The van der Waals surface area contributed by atoms with Crippen molar-refractivity contribution in [1.29, 1.82) is 0 Å². The minimum absolute atomic E-state index is 0.0302. The van der Waals surface area contributed by atoms with Gasteiger partial charge in [-0.25, -0.2) is 13.4 Å². The topological polar surface area (TPSA) is 93.4 Å². The summed E-state index contributed by atoms with van der Waals surface area (Å²) >= 11 is 1.66. The second kappa shape index (κ2) is 7.47. The molecule has 0 radical (unpaired) electrons. The zero-order valence-corrected chi connectivity index (χ0v) is 17.8. The lowest BCUT2D eigenvalue weighted by molar-refractivity contribution is -0.385. The van der Waals surface area contributed by atoms with Gasteiger partial charge in [0, 0.05) is 31.1 Å². The molecular weight excluding hydrogens is 410 g/mol. The number of nitro groups is 1. The Morgan fingerprint density at radius 3 is 2.52 bits per heavy atom. The normalized spacial score (nSPS) is 16.3. The summed E-state index contributed by atoms with van der Waals surface area (Å²) in [6.45, 7) is 4.15. The van der Waals surface area contributed by atoms with Gasteiger partial charge in [0.2, 0.25) is 10.0 Å². The molecule has 4 rings (SSSR count). The summed E-state index contributed by atoms with van der Waals surface area (Å²) in [7, 11) is -3.79. The molecule has 1 fully saturated rings. The van der Waals surface area contributed by atoms with E-state index < -0.39 is 14.9 Å². The summed E-state index contributed by atoms with van der Waals surface area (Å²) in [5.74, 6) is 0.229. The monoisotopic (exact) mass is 431 g/mol. The van der Waals surface area contributed by atoms with Crippen LogP contribution >= 0.6 is 11.3 Å². The van der Waals surface area contributed by atoms with Gasteiger partial charge in [-0.3, -0.25) is 10.1 Å². The molecule has 0 saturated carbocycles. The summed E-state index contributed by atoms with van der Waals surface area (Å²) in [6.07, 6.45) is 1.37. The number of sulfonamides is 1. The van der Waals surface area contributed by atoms with Gasteiger partial charge in [0.05, 0.1) is 25.0 Å². The Balaban J connectivity index is 1.57. The Kier molecular flexibility index (Phi) is 5.14. The van der Waals surface area contributed by atoms with Gasteiger partial charge in [-0.2, -0.15) is 4.31 Å². The van der Waals surface area contributed by atoms with E-state index in [4.69, 9.17) is 4.98 Å². The summed E-state index contributed by atoms with van der Waals surface area (Å²) in [4.78, 5) is 15.4. The molecule has 152 valence electrons. The molecular formula is C20H21N3O4S2. The number of hydrogen-bond acceptors (Lipinski definition) is 6. The van der Waals surface area contributed by atoms with E-state index in [-0.39, 0.29) is 16.5 Å². The molecule has 1 saturated heterocycles. The maximum Gasteiger partial charge on any atom is 0.271 e. The van der Waals surface area contributed by atoms with Crippen LogP contribution in [0.25, 0.3) is 10.2 Å². The first-order valence-electron chi connectivity index (χ1n) is 9.38. The van der Waals surface area contributed by atoms with Crippen molar-refractivity contribution < 1.29 is 13.3 Å². The van der Waals surface area contributed by atoms with Crippen LogP contribution in [0.2, 0.25) is 0 Å². The van der Waals surface area contributed by atoms with Crippen LogP contribution in [0.1, 0.15) is 34.9 Å². The van der Waals surface area contributed by atoms with Gasteiger partial charge in [-0.15, -0.1) is 11.3 Å². The quantitative estimate of drug-likeness (QED) is 0.451. The highest BCUT2D eigenvalue weighted by atomic mass is 32.2. The van der Waals surface area contributed by atoms with Crippen LogP contribution in [-0.2, 0) is 10.0 Å². The minimum atomic E-state index is -3.79. The lowest BCUT2D eigenvalue weighted by atomic mass is 9.99. The van der Waals surface area contributed by atoms with E-state index in [1.54, 1.807) is 25.2 Å². The van der Waals surface area contributed by atoms with Crippen molar-refractivity contribution in [2.75, 3.05) is 13.1 Å². The lowest BCUT2D eigenvalue weighted by Crippen LogP contribution is -2.38. The number of nitro benzene ring substituents is 1. The van der Waals surface area contributed by atoms with Crippen molar-refractivity contribution in [2.24, 2.45) is 0 Å². The van der Waals surface area contributed by atoms with E-state index in [1.165, 1.54) is 16.4 Å². The second-order valence-corrected chi connectivity index (χ2v) is 10.3. The Hall–Kier alpha value is -2.36. The third-order valence-corrected chi connectivity index (χ3v) is 8.77. The van der Waals surface area contributed by atoms with Crippen LogP contribution in [0.4, 0.5) is 5.69 Å². The maximum atomic E-state index is 13.2. The number of thiazole rings is 1.